The van der Waals surface area contributed by atoms with Gasteiger partial charge in [-0.1, -0.05) is 11.6 Å². The number of hydrogen-bond donors (Lipinski definition) is 1. The van der Waals surface area contributed by atoms with E-state index in [1.165, 1.54) is 14.2 Å². The zero-order valence-electron chi connectivity index (χ0n) is 10.1. The highest BCUT2D eigenvalue weighted by Crippen LogP contribution is 2.53. The lowest BCUT2D eigenvalue weighted by Gasteiger charge is -2.20. The van der Waals surface area contributed by atoms with Crippen LogP contribution in [0.1, 0.15) is 26.7 Å². The molecule has 0 heterocycles. The first-order valence-electron chi connectivity index (χ1n) is 4.94. The predicted octanol–water partition coefficient (Wildman–Crippen LogP) is 2.67. The molecule has 0 amide bonds. The summed E-state index contributed by atoms with van der Waals surface area (Å²) in [4.78, 5) is 11.0. The van der Waals surface area contributed by atoms with Crippen molar-refractivity contribution in [3.8, 4) is 0 Å². The third-order valence-electron chi connectivity index (χ3n) is 2.17. The smallest absolute Gasteiger partial charge is 0.344 e. The molecule has 0 radical (unpaired) electrons. The van der Waals surface area contributed by atoms with E-state index in [4.69, 9.17) is 14.2 Å². The first-order chi connectivity index (χ1) is 7.37. The number of allylic oxidation sites excluding steroid dienone is 2. The molecule has 94 valence electrons. The van der Waals surface area contributed by atoms with Crippen LogP contribution in [-0.4, -0.2) is 31.0 Å². The van der Waals surface area contributed by atoms with Crippen molar-refractivity contribution in [3.63, 3.8) is 0 Å². The Morgan fingerprint density at radius 1 is 1.38 bits per heavy atom. The van der Waals surface area contributed by atoms with Crippen molar-refractivity contribution in [2.45, 2.75) is 32.3 Å². The molecule has 0 saturated carbocycles. The van der Waals surface area contributed by atoms with Gasteiger partial charge < -0.3 is 14.2 Å². The molecule has 0 spiro atoms. The minimum atomic E-state index is -3.54. The average molecular weight is 250 g/mol. The second-order valence-corrected chi connectivity index (χ2v) is 6.05. The Balaban J connectivity index is 4.69. The Morgan fingerprint density at radius 2 is 1.88 bits per heavy atom. The number of carboxylic acid groups (broad SMARTS) is 1. The predicted molar refractivity (Wildman–Crippen MR) is 61.7 cm³/mol. The first kappa shape index (κ1) is 15.4. The zero-order valence-corrected chi connectivity index (χ0v) is 11.0. The Kier molecular flexibility index (Phi) is 6.56. The maximum absolute atomic E-state index is 11.9. The summed E-state index contributed by atoms with van der Waals surface area (Å²) < 4.78 is 21.3. The highest BCUT2D eigenvalue weighted by Gasteiger charge is 2.39. The second kappa shape index (κ2) is 6.84. The number of carboxylic acids is 1. The van der Waals surface area contributed by atoms with E-state index < -0.39 is 19.2 Å². The molecule has 0 aromatic heterocycles. The molecular formula is C10H19O5P. The standard InChI is InChI=1S/C10H19O5P/c1-8(2)6-5-7-9(10(11)12)16(13,14-3)15-4/h6,9H,5,7H2,1-4H3,(H,11,12). The SMILES string of the molecule is COP(=O)(OC)C(CCC=C(C)C)C(=O)O. The van der Waals surface area contributed by atoms with Crippen molar-refractivity contribution in [1.82, 2.24) is 0 Å². The number of aliphatic carboxylic acids is 1. The van der Waals surface area contributed by atoms with Crippen LogP contribution in [-0.2, 0) is 18.4 Å². The molecule has 0 aromatic carbocycles. The van der Waals surface area contributed by atoms with Gasteiger partial charge in [0.05, 0.1) is 0 Å². The maximum atomic E-state index is 11.9. The van der Waals surface area contributed by atoms with Gasteiger partial charge in [-0.05, 0) is 26.7 Å². The number of hydrogen-bond acceptors (Lipinski definition) is 4. The summed E-state index contributed by atoms with van der Waals surface area (Å²) in [7, 11) is -1.15. The molecule has 16 heavy (non-hydrogen) atoms. The largest absolute Gasteiger partial charge is 0.481 e. The van der Waals surface area contributed by atoms with Crippen molar-refractivity contribution in [3.05, 3.63) is 11.6 Å². The first-order valence-corrected chi connectivity index (χ1v) is 6.56. The fourth-order valence-electron chi connectivity index (χ4n) is 1.28. The molecule has 5 nitrogen and oxygen atoms in total. The van der Waals surface area contributed by atoms with Crippen molar-refractivity contribution in [2.24, 2.45) is 0 Å². The summed E-state index contributed by atoms with van der Waals surface area (Å²) in [5.74, 6) is -1.16. The van der Waals surface area contributed by atoms with Crippen LogP contribution < -0.4 is 0 Å². The van der Waals surface area contributed by atoms with Gasteiger partial charge in [0, 0.05) is 14.2 Å². The summed E-state index contributed by atoms with van der Waals surface area (Å²) in [5.41, 5.74) is -0.0214. The number of carbonyl (C=O) groups is 1. The molecule has 0 aromatic rings. The van der Waals surface area contributed by atoms with E-state index in [-0.39, 0.29) is 6.42 Å². The summed E-state index contributed by atoms with van der Waals surface area (Å²) >= 11 is 0. The van der Waals surface area contributed by atoms with E-state index in [1.807, 2.05) is 19.9 Å². The summed E-state index contributed by atoms with van der Waals surface area (Å²) in [6, 6.07) is 0. The Morgan fingerprint density at radius 3 is 2.19 bits per heavy atom. The highest BCUT2D eigenvalue weighted by molar-refractivity contribution is 7.55. The quantitative estimate of drug-likeness (QED) is 0.555. The molecule has 0 aliphatic rings. The Bertz CT molecular complexity index is 298. The van der Waals surface area contributed by atoms with Crippen molar-refractivity contribution in [2.75, 3.05) is 14.2 Å². The summed E-state index contributed by atoms with van der Waals surface area (Å²) in [6.07, 6.45) is 2.67. The maximum Gasteiger partial charge on any atom is 0.344 e. The lowest BCUT2D eigenvalue weighted by molar-refractivity contribution is -0.137. The highest BCUT2D eigenvalue weighted by atomic mass is 31.2. The lowest BCUT2D eigenvalue weighted by atomic mass is 10.2. The van der Waals surface area contributed by atoms with Crippen LogP contribution in [0.5, 0.6) is 0 Å². The minimum absolute atomic E-state index is 0.236. The summed E-state index contributed by atoms with van der Waals surface area (Å²) in [6.45, 7) is 3.84. The van der Waals surface area contributed by atoms with Crippen LogP contribution in [0, 0.1) is 0 Å². The van der Waals surface area contributed by atoms with Crippen LogP contribution in [0.25, 0.3) is 0 Å². The average Bonchev–Trinajstić information content (AvgIpc) is 2.22. The summed E-state index contributed by atoms with van der Waals surface area (Å²) in [5, 5.41) is 8.98. The van der Waals surface area contributed by atoms with Crippen LogP contribution in [0.4, 0.5) is 0 Å². The van der Waals surface area contributed by atoms with E-state index in [9.17, 15) is 9.36 Å². The third-order valence-corrected chi connectivity index (χ3v) is 4.43. The van der Waals surface area contributed by atoms with Gasteiger partial charge in [0.1, 0.15) is 0 Å². The van der Waals surface area contributed by atoms with Gasteiger partial charge in [0.2, 0.25) is 0 Å². The molecule has 6 heteroatoms. The van der Waals surface area contributed by atoms with Gasteiger partial charge in [-0.15, -0.1) is 0 Å². The normalized spacial score (nSPS) is 13.2. The minimum Gasteiger partial charge on any atom is -0.481 e. The van der Waals surface area contributed by atoms with Crippen LogP contribution in [0.2, 0.25) is 0 Å². The lowest BCUT2D eigenvalue weighted by Crippen LogP contribution is -2.22. The molecule has 1 unspecified atom stereocenters. The van der Waals surface area contributed by atoms with Gasteiger partial charge in [-0.2, -0.15) is 0 Å². The van der Waals surface area contributed by atoms with E-state index in [0.29, 0.717) is 6.42 Å². The number of rotatable bonds is 7. The molecule has 1 atom stereocenters. The molecule has 0 aliphatic carbocycles. The second-order valence-electron chi connectivity index (χ2n) is 3.62. The fourth-order valence-corrected chi connectivity index (χ4v) is 2.67. The molecule has 0 aliphatic heterocycles. The monoisotopic (exact) mass is 250 g/mol. The molecule has 0 rings (SSSR count). The van der Waals surface area contributed by atoms with E-state index in [1.54, 1.807) is 0 Å². The molecule has 0 bridgehead atoms. The van der Waals surface area contributed by atoms with E-state index in [2.05, 4.69) is 0 Å². The van der Waals surface area contributed by atoms with Gasteiger partial charge in [-0.3, -0.25) is 9.36 Å². The van der Waals surface area contributed by atoms with Gasteiger partial charge in [0.25, 0.3) is 0 Å². The van der Waals surface area contributed by atoms with Crippen molar-refractivity contribution >= 4 is 13.6 Å². The Labute approximate surface area is 96.0 Å². The van der Waals surface area contributed by atoms with Crippen LogP contribution in [0.15, 0.2) is 11.6 Å². The fraction of sp³-hybridized carbons (Fsp3) is 0.700. The van der Waals surface area contributed by atoms with Gasteiger partial charge in [0.15, 0.2) is 5.66 Å². The van der Waals surface area contributed by atoms with E-state index >= 15 is 0 Å². The molecular weight excluding hydrogens is 231 g/mol. The topological polar surface area (TPSA) is 72.8 Å². The van der Waals surface area contributed by atoms with Crippen LogP contribution >= 0.6 is 7.60 Å². The molecule has 0 fully saturated rings. The molecule has 1 N–H and O–H groups in total. The van der Waals surface area contributed by atoms with E-state index in [0.717, 1.165) is 5.57 Å². The van der Waals surface area contributed by atoms with Gasteiger partial charge in [-0.25, -0.2) is 0 Å². The Hall–Kier alpha value is -0.640. The third kappa shape index (κ3) is 4.47. The zero-order chi connectivity index (χ0) is 12.8. The molecule has 0 saturated heterocycles. The van der Waals surface area contributed by atoms with Crippen molar-refractivity contribution in [1.29, 1.82) is 0 Å². The van der Waals surface area contributed by atoms with Crippen molar-refractivity contribution < 1.29 is 23.5 Å². The van der Waals surface area contributed by atoms with Crippen LogP contribution in [0.3, 0.4) is 0 Å². The van der Waals surface area contributed by atoms with Gasteiger partial charge >= 0.3 is 13.6 Å².